The molecule has 0 N–H and O–H groups in total. The summed E-state index contributed by atoms with van der Waals surface area (Å²) in [5.74, 6) is 0.475. The van der Waals surface area contributed by atoms with Crippen molar-refractivity contribution in [1.29, 1.82) is 0 Å². The van der Waals surface area contributed by atoms with E-state index in [0.717, 1.165) is 37.2 Å². The van der Waals surface area contributed by atoms with Crippen molar-refractivity contribution < 1.29 is 4.79 Å². The molecule has 1 aromatic carbocycles. The monoisotopic (exact) mass is 368 g/mol. The number of carbonyl (C=O) groups excluding carboxylic acids is 1. The van der Waals surface area contributed by atoms with Crippen LogP contribution in [0.15, 0.2) is 47.4 Å². The maximum atomic E-state index is 12.6. The average Bonchev–Trinajstić information content (AvgIpc) is 2.69. The second-order valence-electron chi connectivity index (χ2n) is 7.26. The summed E-state index contributed by atoms with van der Waals surface area (Å²) >= 11 is 0. The molecule has 1 aliphatic heterocycles. The van der Waals surface area contributed by atoms with Crippen LogP contribution in [0.25, 0.3) is 0 Å². The van der Waals surface area contributed by atoms with Crippen molar-refractivity contribution in [2.24, 2.45) is 5.92 Å². The van der Waals surface area contributed by atoms with Gasteiger partial charge in [0.2, 0.25) is 5.91 Å². The number of carbonyl (C=O) groups is 1. The van der Waals surface area contributed by atoms with Crippen molar-refractivity contribution in [1.82, 2.24) is 14.7 Å². The molecule has 1 saturated heterocycles. The number of aryl methyl sites for hydroxylation is 1. The van der Waals surface area contributed by atoms with Gasteiger partial charge in [-0.15, -0.1) is 0 Å². The number of hydrogen-bond acceptors (Lipinski definition) is 4. The van der Waals surface area contributed by atoms with Crippen LogP contribution >= 0.6 is 0 Å². The molecule has 0 spiro atoms. The Morgan fingerprint density at radius 2 is 2.07 bits per heavy atom. The van der Waals surface area contributed by atoms with Gasteiger partial charge in [-0.1, -0.05) is 30.3 Å². The predicted octanol–water partition coefficient (Wildman–Crippen LogP) is 2.53. The van der Waals surface area contributed by atoms with Gasteiger partial charge in [0.25, 0.3) is 5.56 Å². The second kappa shape index (κ2) is 8.84. The molecule has 1 aromatic heterocycles. The highest BCUT2D eigenvalue weighted by atomic mass is 16.2. The Kier molecular flexibility index (Phi) is 6.27. The zero-order chi connectivity index (χ0) is 19.2. The molecule has 1 fully saturated rings. The van der Waals surface area contributed by atoms with Crippen molar-refractivity contribution in [2.45, 2.75) is 39.3 Å². The van der Waals surface area contributed by atoms with E-state index in [0.29, 0.717) is 25.4 Å². The molecule has 1 atom stereocenters. The Bertz CT molecular complexity index is 818. The van der Waals surface area contributed by atoms with E-state index in [9.17, 15) is 9.59 Å². The number of rotatable bonds is 6. The van der Waals surface area contributed by atoms with E-state index in [2.05, 4.69) is 10.00 Å². The predicted molar refractivity (Wildman–Crippen MR) is 107 cm³/mol. The topological polar surface area (TPSA) is 58.4 Å². The molecule has 0 bridgehead atoms. The standard InChI is InChI=1S/C21H28N4O2/c1-3-25-21(27)13-19(14-22-25)24-11-7-10-18(16-24)12-20(26)23(2)15-17-8-5-4-6-9-17/h4-6,8-9,13-14,18H,3,7,10-12,15-16H2,1-2H3. The lowest BCUT2D eigenvalue weighted by molar-refractivity contribution is -0.131. The molecule has 1 unspecified atom stereocenters. The van der Waals surface area contributed by atoms with E-state index in [1.165, 1.54) is 4.68 Å². The first kappa shape index (κ1) is 19.1. The van der Waals surface area contributed by atoms with Gasteiger partial charge in [-0.2, -0.15) is 5.10 Å². The molecule has 0 radical (unpaired) electrons. The quantitative estimate of drug-likeness (QED) is 0.786. The van der Waals surface area contributed by atoms with Gasteiger partial charge in [0.1, 0.15) is 0 Å². The van der Waals surface area contributed by atoms with E-state index < -0.39 is 0 Å². The molecule has 6 heteroatoms. The summed E-state index contributed by atoms with van der Waals surface area (Å²) in [7, 11) is 1.87. The number of anilines is 1. The Labute approximate surface area is 160 Å². The smallest absolute Gasteiger partial charge is 0.268 e. The highest BCUT2D eigenvalue weighted by Crippen LogP contribution is 2.24. The SMILES string of the molecule is CCn1ncc(N2CCCC(CC(=O)N(C)Cc3ccccc3)C2)cc1=O. The van der Waals surface area contributed by atoms with E-state index >= 15 is 0 Å². The van der Waals surface area contributed by atoms with Crippen LogP contribution in [-0.2, 0) is 17.9 Å². The van der Waals surface area contributed by atoms with Crippen LogP contribution < -0.4 is 10.5 Å². The first-order valence-electron chi connectivity index (χ1n) is 9.67. The summed E-state index contributed by atoms with van der Waals surface area (Å²) in [6, 6.07) is 11.7. The molecular weight excluding hydrogens is 340 g/mol. The normalized spacial score (nSPS) is 17.0. The number of amides is 1. The minimum absolute atomic E-state index is 0.0733. The van der Waals surface area contributed by atoms with Gasteiger partial charge in [0.15, 0.2) is 0 Å². The molecule has 3 rings (SSSR count). The van der Waals surface area contributed by atoms with Crippen LogP contribution in [0, 0.1) is 5.92 Å². The van der Waals surface area contributed by atoms with Gasteiger partial charge in [-0.05, 0) is 31.2 Å². The van der Waals surface area contributed by atoms with Crippen molar-refractivity contribution >= 4 is 11.6 Å². The largest absolute Gasteiger partial charge is 0.370 e. The van der Waals surface area contributed by atoms with E-state index in [1.54, 1.807) is 17.2 Å². The van der Waals surface area contributed by atoms with Crippen molar-refractivity contribution in [3.8, 4) is 0 Å². The van der Waals surface area contributed by atoms with E-state index in [-0.39, 0.29) is 11.5 Å². The highest BCUT2D eigenvalue weighted by molar-refractivity contribution is 5.76. The minimum Gasteiger partial charge on any atom is -0.370 e. The average molecular weight is 368 g/mol. The van der Waals surface area contributed by atoms with Crippen molar-refractivity contribution in [3.05, 3.63) is 58.5 Å². The molecule has 144 valence electrons. The molecular formula is C21H28N4O2. The van der Waals surface area contributed by atoms with Gasteiger partial charge in [0, 0.05) is 45.7 Å². The third-order valence-electron chi connectivity index (χ3n) is 5.19. The molecule has 1 aliphatic rings. The number of piperidine rings is 1. The highest BCUT2D eigenvalue weighted by Gasteiger charge is 2.24. The summed E-state index contributed by atoms with van der Waals surface area (Å²) in [6.07, 6.45) is 4.37. The third kappa shape index (κ3) is 4.96. The molecule has 2 heterocycles. The van der Waals surface area contributed by atoms with Crippen LogP contribution in [0.4, 0.5) is 5.69 Å². The zero-order valence-corrected chi connectivity index (χ0v) is 16.2. The van der Waals surface area contributed by atoms with Crippen LogP contribution in [-0.4, -0.2) is 40.7 Å². The Balaban J connectivity index is 1.58. The molecule has 2 aromatic rings. The Hall–Kier alpha value is -2.63. The second-order valence-corrected chi connectivity index (χ2v) is 7.26. The van der Waals surface area contributed by atoms with E-state index in [4.69, 9.17) is 0 Å². The molecule has 27 heavy (non-hydrogen) atoms. The first-order chi connectivity index (χ1) is 13.1. The lowest BCUT2D eigenvalue weighted by Gasteiger charge is -2.34. The van der Waals surface area contributed by atoms with Gasteiger partial charge < -0.3 is 9.80 Å². The molecule has 6 nitrogen and oxygen atoms in total. The van der Waals surface area contributed by atoms with Crippen LogP contribution in [0.5, 0.6) is 0 Å². The number of nitrogens with zero attached hydrogens (tertiary/aromatic N) is 4. The maximum absolute atomic E-state index is 12.6. The summed E-state index contributed by atoms with van der Waals surface area (Å²) in [5.41, 5.74) is 1.93. The fourth-order valence-corrected chi connectivity index (χ4v) is 3.65. The van der Waals surface area contributed by atoms with E-state index in [1.807, 2.05) is 44.3 Å². The molecule has 0 saturated carbocycles. The summed E-state index contributed by atoms with van der Waals surface area (Å²) < 4.78 is 1.45. The van der Waals surface area contributed by atoms with Crippen LogP contribution in [0.3, 0.4) is 0 Å². The number of aromatic nitrogens is 2. The molecule has 1 amide bonds. The fraction of sp³-hybridized carbons (Fsp3) is 0.476. The van der Waals surface area contributed by atoms with Gasteiger partial charge in [-0.3, -0.25) is 9.59 Å². The van der Waals surface area contributed by atoms with Gasteiger partial charge in [-0.25, -0.2) is 4.68 Å². The fourth-order valence-electron chi connectivity index (χ4n) is 3.65. The van der Waals surface area contributed by atoms with Crippen LogP contribution in [0.2, 0.25) is 0 Å². The zero-order valence-electron chi connectivity index (χ0n) is 16.2. The third-order valence-corrected chi connectivity index (χ3v) is 5.19. The number of hydrogen-bond donors (Lipinski definition) is 0. The summed E-state index contributed by atoms with van der Waals surface area (Å²) in [6.45, 7) is 4.81. The molecule has 0 aliphatic carbocycles. The maximum Gasteiger partial charge on any atom is 0.268 e. The Morgan fingerprint density at radius 1 is 1.30 bits per heavy atom. The van der Waals surface area contributed by atoms with Gasteiger partial charge >= 0.3 is 0 Å². The summed E-state index contributed by atoms with van der Waals surface area (Å²) in [5, 5.41) is 4.22. The van der Waals surface area contributed by atoms with Crippen molar-refractivity contribution in [3.63, 3.8) is 0 Å². The van der Waals surface area contributed by atoms with Gasteiger partial charge in [0.05, 0.1) is 11.9 Å². The van der Waals surface area contributed by atoms with Crippen molar-refractivity contribution in [2.75, 3.05) is 25.0 Å². The minimum atomic E-state index is -0.0733. The lowest BCUT2D eigenvalue weighted by atomic mass is 9.94. The number of benzene rings is 1. The first-order valence-corrected chi connectivity index (χ1v) is 9.67. The lowest BCUT2D eigenvalue weighted by Crippen LogP contribution is -2.39. The van der Waals surface area contributed by atoms with Crippen LogP contribution in [0.1, 0.15) is 31.7 Å². The Morgan fingerprint density at radius 3 is 2.78 bits per heavy atom. The summed E-state index contributed by atoms with van der Waals surface area (Å²) in [4.78, 5) is 28.7.